The van der Waals surface area contributed by atoms with Crippen LogP contribution in [0, 0.1) is 23.2 Å². The molecule has 1 heterocycles. The van der Waals surface area contributed by atoms with Gasteiger partial charge in [-0.15, -0.1) is 0 Å². The van der Waals surface area contributed by atoms with Crippen LogP contribution in [0.5, 0.6) is 0 Å². The maximum atomic E-state index is 12.2. The first kappa shape index (κ1) is 16.8. The summed E-state index contributed by atoms with van der Waals surface area (Å²) in [7, 11) is 0. The standard InChI is InChI=1S/C16H25N3O3/c1-3-22-15(21)12-5-4-8-19(9-12)10-14(20)18-16(2,11-17)13-6-7-13/h12-13H,3-10H2,1-2H3,(H,18,20)/t12-,16+/m1/s1. The van der Waals surface area contributed by atoms with Gasteiger partial charge in [-0.25, -0.2) is 0 Å². The fourth-order valence-electron chi connectivity index (χ4n) is 3.07. The van der Waals surface area contributed by atoms with Gasteiger partial charge >= 0.3 is 5.97 Å². The van der Waals surface area contributed by atoms with Gasteiger partial charge in [-0.05, 0) is 52.0 Å². The maximum absolute atomic E-state index is 12.2. The lowest BCUT2D eigenvalue weighted by molar-refractivity contribution is -0.150. The highest BCUT2D eigenvalue weighted by Gasteiger charge is 2.43. The van der Waals surface area contributed by atoms with Crippen molar-refractivity contribution in [2.45, 2.75) is 45.1 Å². The molecule has 0 aromatic heterocycles. The Morgan fingerprint density at radius 1 is 1.41 bits per heavy atom. The Hall–Kier alpha value is -1.61. The van der Waals surface area contributed by atoms with Crippen LogP contribution >= 0.6 is 0 Å². The zero-order valence-corrected chi connectivity index (χ0v) is 13.4. The van der Waals surface area contributed by atoms with Crippen molar-refractivity contribution in [3.63, 3.8) is 0 Å². The quantitative estimate of drug-likeness (QED) is 0.742. The number of likely N-dealkylation sites (tertiary alicyclic amines) is 1. The maximum Gasteiger partial charge on any atom is 0.310 e. The molecule has 6 heteroatoms. The molecule has 0 radical (unpaired) electrons. The predicted octanol–water partition coefficient (Wildman–Crippen LogP) is 1.07. The molecule has 1 aliphatic carbocycles. The average molecular weight is 307 g/mol. The monoisotopic (exact) mass is 307 g/mol. The lowest BCUT2D eigenvalue weighted by atomic mass is 9.97. The highest BCUT2D eigenvalue weighted by atomic mass is 16.5. The second-order valence-corrected chi connectivity index (χ2v) is 6.46. The van der Waals surface area contributed by atoms with Gasteiger partial charge in [-0.2, -0.15) is 5.26 Å². The van der Waals surface area contributed by atoms with E-state index in [9.17, 15) is 14.9 Å². The number of ether oxygens (including phenoxy) is 1. The summed E-state index contributed by atoms with van der Waals surface area (Å²) < 4.78 is 5.06. The molecule has 2 aliphatic rings. The predicted molar refractivity (Wildman–Crippen MR) is 80.7 cm³/mol. The van der Waals surface area contributed by atoms with Gasteiger partial charge in [0, 0.05) is 6.54 Å². The third kappa shape index (κ3) is 4.20. The Kier molecular flexibility index (Phi) is 5.41. The van der Waals surface area contributed by atoms with E-state index in [1.807, 2.05) is 4.90 Å². The van der Waals surface area contributed by atoms with Crippen LogP contribution in [0.4, 0.5) is 0 Å². The van der Waals surface area contributed by atoms with E-state index < -0.39 is 5.54 Å². The third-order valence-corrected chi connectivity index (χ3v) is 4.52. The smallest absolute Gasteiger partial charge is 0.310 e. The largest absolute Gasteiger partial charge is 0.466 e. The normalized spacial score (nSPS) is 24.9. The van der Waals surface area contributed by atoms with E-state index in [0.29, 0.717) is 13.2 Å². The number of nitrogens with zero attached hydrogens (tertiary/aromatic N) is 2. The third-order valence-electron chi connectivity index (χ3n) is 4.52. The SMILES string of the molecule is CCOC(=O)[C@@H]1CCCN(CC(=O)N[C@@](C)(C#N)C2CC2)C1. The van der Waals surface area contributed by atoms with Crippen LogP contribution in [0.1, 0.15) is 39.5 Å². The number of nitrogens with one attached hydrogen (secondary N) is 1. The van der Waals surface area contributed by atoms with Crippen LogP contribution < -0.4 is 5.32 Å². The second-order valence-electron chi connectivity index (χ2n) is 6.46. The van der Waals surface area contributed by atoms with Gasteiger partial charge in [0.1, 0.15) is 5.54 Å². The molecule has 1 aliphatic heterocycles. The number of piperidine rings is 1. The molecular weight excluding hydrogens is 282 g/mol. The Morgan fingerprint density at radius 3 is 2.73 bits per heavy atom. The Morgan fingerprint density at radius 2 is 2.14 bits per heavy atom. The van der Waals surface area contributed by atoms with Crippen LogP contribution in [0.25, 0.3) is 0 Å². The van der Waals surface area contributed by atoms with Crippen molar-refractivity contribution >= 4 is 11.9 Å². The zero-order chi connectivity index (χ0) is 16.2. The molecule has 2 fully saturated rings. The van der Waals surface area contributed by atoms with Gasteiger partial charge in [0.15, 0.2) is 0 Å². The molecule has 0 aromatic carbocycles. The van der Waals surface area contributed by atoms with Crippen molar-refractivity contribution in [3.8, 4) is 6.07 Å². The minimum atomic E-state index is -0.757. The summed E-state index contributed by atoms with van der Waals surface area (Å²) in [5.41, 5.74) is -0.757. The molecule has 2 rings (SSSR count). The van der Waals surface area contributed by atoms with E-state index in [1.54, 1.807) is 13.8 Å². The van der Waals surface area contributed by atoms with Crippen molar-refractivity contribution in [3.05, 3.63) is 0 Å². The lowest BCUT2D eigenvalue weighted by Gasteiger charge is -2.32. The lowest BCUT2D eigenvalue weighted by Crippen LogP contribution is -2.51. The first-order valence-electron chi connectivity index (χ1n) is 8.09. The summed E-state index contributed by atoms with van der Waals surface area (Å²) in [6, 6.07) is 2.23. The van der Waals surface area contributed by atoms with Crippen LogP contribution in [0.3, 0.4) is 0 Å². The van der Waals surface area contributed by atoms with E-state index in [-0.39, 0.29) is 30.3 Å². The zero-order valence-electron chi connectivity index (χ0n) is 13.4. The average Bonchev–Trinajstić information content (AvgIpc) is 3.32. The Labute approximate surface area is 131 Å². The summed E-state index contributed by atoms with van der Waals surface area (Å²) in [6.45, 7) is 5.57. The molecule has 1 saturated carbocycles. The first-order chi connectivity index (χ1) is 10.5. The van der Waals surface area contributed by atoms with Crippen LogP contribution in [-0.4, -0.2) is 48.6 Å². The van der Waals surface area contributed by atoms with Gasteiger partial charge < -0.3 is 10.1 Å². The summed E-state index contributed by atoms with van der Waals surface area (Å²) in [5.74, 6) is -0.185. The molecule has 6 nitrogen and oxygen atoms in total. The topological polar surface area (TPSA) is 82.4 Å². The van der Waals surface area contributed by atoms with Crippen LogP contribution in [-0.2, 0) is 14.3 Å². The molecule has 122 valence electrons. The van der Waals surface area contributed by atoms with E-state index in [2.05, 4.69) is 11.4 Å². The minimum Gasteiger partial charge on any atom is -0.466 e. The fourth-order valence-corrected chi connectivity index (χ4v) is 3.07. The molecule has 1 saturated heterocycles. The first-order valence-corrected chi connectivity index (χ1v) is 8.09. The number of amides is 1. The van der Waals surface area contributed by atoms with Crippen molar-refractivity contribution in [1.29, 1.82) is 5.26 Å². The molecule has 0 unspecified atom stereocenters. The van der Waals surface area contributed by atoms with Gasteiger partial charge in [0.2, 0.25) is 5.91 Å². The van der Waals surface area contributed by atoms with Gasteiger partial charge in [0.25, 0.3) is 0 Å². The number of hydrogen-bond acceptors (Lipinski definition) is 5. The van der Waals surface area contributed by atoms with E-state index in [1.165, 1.54) is 0 Å². The minimum absolute atomic E-state index is 0.138. The van der Waals surface area contributed by atoms with E-state index >= 15 is 0 Å². The van der Waals surface area contributed by atoms with E-state index in [4.69, 9.17) is 4.74 Å². The molecule has 1 N–H and O–H groups in total. The van der Waals surface area contributed by atoms with Crippen LogP contribution in [0.15, 0.2) is 0 Å². The number of esters is 1. The molecule has 22 heavy (non-hydrogen) atoms. The number of rotatable bonds is 6. The number of carbonyl (C=O) groups excluding carboxylic acids is 2. The Bertz CT molecular complexity index is 470. The molecule has 2 atom stereocenters. The molecule has 0 bridgehead atoms. The summed E-state index contributed by atoms with van der Waals surface area (Å²) in [5, 5.41) is 12.1. The van der Waals surface area contributed by atoms with Crippen molar-refractivity contribution in [1.82, 2.24) is 10.2 Å². The summed E-state index contributed by atoms with van der Waals surface area (Å²) >= 11 is 0. The van der Waals surface area contributed by atoms with Crippen molar-refractivity contribution in [2.24, 2.45) is 11.8 Å². The molecule has 0 aromatic rings. The van der Waals surface area contributed by atoms with Gasteiger partial charge in [-0.3, -0.25) is 14.5 Å². The van der Waals surface area contributed by atoms with Gasteiger partial charge in [-0.1, -0.05) is 0 Å². The van der Waals surface area contributed by atoms with Crippen molar-refractivity contribution < 1.29 is 14.3 Å². The fraction of sp³-hybridized carbons (Fsp3) is 0.812. The molecule has 1 amide bonds. The number of hydrogen-bond donors (Lipinski definition) is 1. The second kappa shape index (κ2) is 7.10. The Balaban J connectivity index is 1.83. The number of nitriles is 1. The summed E-state index contributed by atoms with van der Waals surface area (Å²) in [4.78, 5) is 26.0. The van der Waals surface area contributed by atoms with Gasteiger partial charge in [0.05, 0.1) is 25.1 Å². The van der Waals surface area contributed by atoms with Crippen LogP contribution in [0.2, 0.25) is 0 Å². The molecular formula is C16H25N3O3. The van der Waals surface area contributed by atoms with E-state index in [0.717, 1.165) is 32.2 Å². The van der Waals surface area contributed by atoms with Crippen molar-refractivity contribution in [2.75, 3.05) is 26.2 Å². The highest BCUT2D eigenvalue weighted by molar-refractivity contribution is 5.79. The summed E-state index contributed by atoms with van der Waals surface area (Å²) in [6.07, 6.45) is 3.70. The highest BCUT2D eigenvalue weighted by Crippen LogP contribution is 2.39. The number of carbonyl (C=O) groups is 2. The molecule has 0 spiro atoms.